The molecule has 7 nitrogen and oxygen atoms in total. The third-order valence-electron chi connectivity index (χ3n) is 3.75. The molecule has 0 fully saturated rings. The van der Waals surface area contributed by atoms with Gasteiger partial charge in [0.15, 0.2) is 0 Å². The van der Waals surface area contributed by atoms with E-state index in [-0.39, 0.29) is 12.2 Å². The monoisotopic (exact) mass is 290 g/mol. The van der Waals surface area contributed by atoms with Crippen LogP contribution in [0.25, 0.3) is 11.6 Å². The summed E-state index contributed by atoms with van der Waals surface area (Å²) in [6, 6.07) is 0. The van der Waals surface area contributed by atoms with Gasteiger partial charge in [-0.25, -0.2) is 9.97 Å². The second-order valence-corrected chi connectivity index (χ2v) is 5.07. The Morgan fingerprint density at radius 2 is 1.86 bits per heavy atom. The zero-order chi connectivity index (χ0) is 15.5. The van der Waals surface area contributed by atoms with Crippen LogP contribution in [-0.4, -0.2) is 31.2 Å². The molecule has 2 aromatic heterocycles. The van der Waals surface area contributed by atoms with E-state index < -0.39 is 11.4 Å². The summed E-state index contributed by atoms with van der Waals surface area (Å²) in [7, 11) is 0. The van der Waals surface area contributed by atoms with E-state index in [1.807, 2.05) is 20.8 Å². The summed E-state index contributed by atoms with van der Waals surface area (Å²) in [5.41, 5.74) is 0.0575. The molecule has 0 aliphatic heterocycles. The number of aliphatic carboxylic acids is 1. The van der Waals surface area contributed by atoms with E-state index in [0.29, 0.717) is 24.6 Å². The summed E-state index contributed by atoms with van der Waals surface area (Å²) in [5, 5.41) is 13.2. The van der Waals surface area contributed by atoms with E-state index >= 15 is 0 Å². The van der Waals surface area contributed by atoms with Crippen LogP contribution < -0.4 is 0 Å². The van der Waals surface area contributed by atoms with Crippen LogP contribution in [0.5, 0.6) is 0 Å². The van der Waals surface area contributed by atoms with Crippen molar-refractivity contribution < 1.29 is 14.4 Å². The van der Waals surface area contributed by atoms with Crippen molar-refractivity contribution in [3.8, 4) is 11.6 Å². The van der Waals surface area contributed by atoms with Gasteiger partial charge in [-0.2, -0.15) is 4.98 Å². The molecule has 0 aliphatic carbocycles. The zero-order valence-corrected chi connectivity index (χ0v) is 12.3. The molecule has 0 amide bonds. The first kappa shape index (κ1) is 15.1. The fourth-order valence-corrected chi connectivity index (χ4v) is 2.09. The number of carbonyl (C=O) groups is 1. The van der Waals surface area contributed by atoms with Gasteiger partial charge < -0.3 is 9.63 Å². The Morgan fingerprint density at radius 3 is 2.38 bits per heavy atom. The molecular weight excluding hydrogens is 272 g/mol. The van der Waals surface area contributed by atoms with E-state index in [1.54, 1.807) is 12.4 Å². The SMILES string of the molecule is CCC(CC)(Cc1nc(-c2ncc(C)cn2)no1)C(=O)O. The number of aromatic nitrogens is 4. The highest BCUT2D eigenvalue weighted by atomic mass is 16.5. The summed E-state index contributed by atoms with van der Waals surface area (Å²) in [6.07, 6.45) is 4.53. The van der Waals surface area contributed by atoms with Gasteiger partial charge in [0.25, 0.3) is 0 Å². The lowest BCUT2D eigenvalue weighted by Crippen LogP contribution is -2.32. The number of aryl methyl sites for hydroxylation is 1. The van der Waals surface area contributed by atoms with Crippen LogP contribution in [0, 0.1) is 12.3 Å². The summed E-state index contributed by atoms with van der Waals surface area (Å²) < 4.78 is 5.15. The first-order valence-corrected chi connectivity index (χ1v) is 6.85. The van der Waals surface area contributed by atoms with Crippen molar-refractivity contribution in [2.24, 2.45) is 5.41 Å². The Labute approximate surface area is 122 Å². The number of hydrogen-bond acceptors (Lipinski definition) is 6. The lowest BCUT2D eigenvalue weighted by molar-refractivity contribution is -0.149. The van der Waals surface area contributed by atoms with Crippen molar-refractivity contribution in [1.29, 1.82) is 0 Å². The fraction of sp³-hybridized carbons (Fsp3) is 0.500. The Kier molecular flexibility index (Phi) is 4.30. The van der Waals surface area contributed by atoms with Crippen molar-refractivity contribution in [1.82, 2.24) is 20.1 Å². The molecule has 112 valence electrons. The highest BCUT2D eigenvalue weighted by Gasteiger charge is 2.37. The molecule has 0 aromatic carbocycles. The normalized spacial score (nSPS) is 11.6. The Balaban J connectivity index is 2.23. The predicted molar refractivity (Wildman–Crippen MR) is 74.4 cm³/mol. The molecule has 0 unspecified atom stereocenters. The van der Waals surface area contributed by atoms with Crippen LogP contribution in [0.2, 0.25) is 0 Å². The maximum atomic E-state index is 11.5. The third-order valence-corrected chi connectivity index (χ3v) is 3.75. The largest absolute Gasteiger partial charge is 0.481 e. The quantitative estimate of drug-likeness (QED) is 0.870. The molecule has 2 rings (SSSR count). The molecule has 0 saturated carbocycles. The van der Waals surface area contributed by atoms with Crippen LogP contribution in [0.15, 0.2) is 16.9 Å². The highest BCUT2D eigenvalue weighted by molar-refractivity contribution is 5.74. The average molecular weight is 290 g/mol. The van der Waals surface area contributed by atoms with Crippen LogP contribution >= 0.6 is 0 Å². The molecule has 0 aliphatic rings. The lowest BCUT2D eigenvalue weighted by atomic mass is 9.79. The van der Waals surface area contributed by atoms with E-state index in [1.165, 1.54) is 0 Å². The standard InChI is InChI=1S/C14H18N4O3/c1-4-14(5-2,13(19)20)6-10-17-12(18-21-10)11-15-7-9(3)8-16-11/h7-8H,4-6H2,1-3H3,(H,19,20). The zero-order valence-electron chi connectivity index (χ0n) is 12.3. The number of rotatable bonds is 6. The Hall–Kier alpha value is -2.31. The summed E-state index contributed by atoms with van der Waals surface area (Å²) in [6.45, 7) is 5.57. The fourth-order valence-electron chi connectivity index (χ4n) is 2.09. The van der Waals surface area contributed by atoms with Crippen LogP contribution in [0.1, 0.15) is 38.1 Å². The van der Waals surface area contributed by atoms with Gasteiger partial charge in [-0.3, -0.25) is 4.79 Å². The molecule has 0 radical (unpaired) electrons. The van der Waals surface area contributed by atoms with Gasteiger partial charge in [0.05, 0.1) is 5.41 Å². The second-order valence-electron chi connectivity index (χ2n) is 5.07. The summed E-state index contributed by atoms with van der Waals surface area (Å²) in [4.78, 5) is 23.9. The maximum Gasteiger partial charge on any atom is 0.310 e. The van der Waals surface area contributed by atoms with Crippen molar-refractivity contribution in [2.75, 3.05) is 0 Å². The molecule has 0 bridgehead atoms. The van der Waals surface area contributed by atoms with E-state index in [0.717, 1.165) is 5.56 Å². The van der Waals surface area contributed by atoms with Gasteiger partial charge in [-0.1, -0.05) is 19.0 Å². The Morgan fingerprint density at radius 1 is 1.24 bits per heavy atom. The molecular formula is C14H18N4O3. The minimum absolute atomic E-state index is 0.203. The number of hydrogen-bond donors (Lipinski definition) is 1. The molecule has 0 atom stereocenters. The van der Waals surface area contributed by atoms with E-state index in [9.17, 15) is 9.90 Å². The van der Waals surface area contributed by atoms with Crippen LogP contribution in [0.4, 0.5) is 0 Å². The molecule has 1 N–H and O–H groups in total. The predicted octanol–water partition coefficient (Wildman–Crippen LogP) is 2.27. The van der Waals surface area contributed by atoms with Gasteiger partial charge in [0.2, 0.25) is 17.5 Å². The minimum Gasteiger partial charge on any atom is -0.481 e. The van der Waals surface area contributed by atoms with Gasteiger partial charge in [-0.05, 0) is 25.3 Å². The minimum atomic E-state index is -0.877. The van der Waals surface area contributed by atoms with Crippen molar-refractivity contribution in [2.45, 2.75) is 40.0 Å². The molecule has 0 saturated heterocycles. The van der Waals surface area contributed by atoms with E-state index in [4.69, 9.17) is 4.52 Å². The van der Waals surface area contributed by atoms with Crippen LogP contribution in [0.3, 0.4) is 0 Å². The van der Waals surface area contributed by atoms with Gasteiger partial charge in [0, 0.05) is 18.8 Å². The van der Waals surface area contributed by atoms with Gasteiger partial charge in [0.1, 0.15) is 0 Å². The maximum absolute atomic E-state index is 11.5. The van der Waals surface area contributed by atoms with Gasteiger partial charge in [-0.15, -0.1) is 0 Å². The number of nitrogens with zero attached hydrogens (tertiary/aromatic N) is 4. The third kappa shape index (κ3) is 3.07. The molecule has 2 aromatic rings. The van der Waals surface area contributed by atoms with Gasteiger partial charge >= 0.3 is 5.97 Å². The van der Waals surface area contributed by atoms with Crippen molar-refractivity contribution >= 4 is 5.97 Å². The molecule has 2 heterocycles. The highest BCUT2D eigenvalue weighted by Crippen LogP contribution is 2.31. The van der Waals surface area contributed by atoms with Crippen LogP contribution in [-0.2, 0) is 11.2 Å². The summed E-state index contributed by atoms with van der Waals surface area (Å²) in [5.74, 6) is 0.0835. The Bertz CT molecular complexity index is 617. The lowest BCUT2D eigenvalue weighted by Gasteiger charge is -2.24. The second kappa shape index (κ2) is 5.99. The number of carboxylic acids is 1. The first-order valence-electron chi connectivity index (χ1n) is 6.85. The molecule has 7 heteroatoms. The topological polar surface area (TPSA) is 102 Å². The molecule has 21 heavy (non-hydrogen) atoms. The van der Waals surface area contributed by atoms with Crippen molar-refractivity contribution in [3.05, 3.63) is 23.8 Å². The summed E-state index contributed by atoms with van der Waals surface area (Å²) >= 11 is 0. The first-order chi connectivity index (χ1) is 10.0. The van der Waals surface area contributed by atoms with E-state index in [2.05, 4.69) is 20.1 Å². The van der Waals surface area contributed by atoms with Crippen molar-refractivity contribution in [3.63, 3.8) is 0 Å². The average Bonchev–Trinajstić information content (AvgIpc) is 2.93. The molecule has 0 spiro atoms. The number of carboxylic acid groups (broad SMARTS) is 1. The smallest absolute Gasteiger partial charge is 0.310 e.